The summed E-state index contributed by atoms with van der Waals surface area (Å²) in [5, 5.41) is 3.07. The van der Waals surface area contributed by atoms with Gasteiger partial charge in [0.1, 0.15) is 0 Å². The normalized spacial score (nSPS) is 18.8. The van der Waals surface area contributed by atoms with E-state index < -0.39 is 0 Å². The van der Waals surface area contributed by atoms with E-state index in [-0.39, 0.29) is 41.3 Å². The van der Waals surface area contributed by atoms with Gasteiger partial charge in [-0.25, -0.2) is 0 Å². The van der Waals surface area contributed by atoms with Crippen molar-refractivity contribution in [3.8, 4) is 0 Å². The third kappa shape index (κ3) is 5.98. The van der Waals surface area contributed by atoms with Crippen LogP contribution in [0.3, 0.4) is 0 Å². The summed E-state index contributed by atoms with van der Waals surface area (Å²) in [6, 6.07) is 0.104. The lowest BCUT2D eigenvalue weighted by molar-refractivity contribution is -0.138. The second-order valence-corrected chi connectivity index (χ2v) is 5.89. The minimum atomic E-state index is -0.361. The van der Waals surface area contributed by atoms with E-state index in [2.05, 4.69) is 10.3 Å². The third-order valence-electron chi connectivity index (χ3n) is 3.78. The van der Waals surface area contributed by atoms with Crippen molar-refractivity contribution in [1.82, 2.24) is 10.2 Å². The van der Waals surface area contributed by atoms with Crippen molar-refractivity contribution >= 4 is 35.8 Å². The molecule has 0 heterocycles. The standard InChI is InChI=1S/C14H28N4O2.HI/c1-11(9-20-4)17-13(15)16-10-14(7-5-6-8-14)12(19)18(2)3;/h11H,5-10H2,1-4H3,(H3,15,16,17);1H. The highest BCUT2D eigenvalue weighted by molar-refractivity contribution is 14.0. The van der Waals surface area contributed by atoms with Crippen LogP contribution >= 0.6 is 24.0 Å². The Morgan fingerprint density at radius 2 is 2.00 bits per heavy atom. The molecule has 0 radical (unpaired) electrons. The molecule has 1 unspecified atom stereocenters. The predicted molar refractivity (Wildman–Crippen MR) is 96.0 cm³/mol. The molecule has 0 aliphatic heterocycles. The lowest BCUT2D eigenvalue weighted by atomic mass is 9.85. The fraction of sp³-hybridized carbons (Fsp3) is 0.857. The van der Waals surface area contributed by atoms with Crippen molar-refractivity contribution in [2.45, 2.75) is 38.6 Å². The van der Waals surface area contributed by atoms with Crippen LogP contribution in [-0.2, 0) is 9.53 Å². The van der Waals surface area contributed by atoms with Gasteiger partial charge in [0.05, 0.1) is 18.6 Å². The zero-order chi connectivity index (χ0) is 15.2. The van der Waals surface area contributed by atoms with Gasteiger partial charge in [0, 0.05) is 27.2 Å². The number of carbonyl (C=O) groups excluding carboxylic acids is 1. The Balaban J connectivity index is 0.00000400. The fourth-order valence-corrected chi connectivity index (χ4v) is 2.79. The summed E-state index contributed by atoms with van der Waals surface area (Å²) in [6.45, 7) is 3.00. The smallest absolute Gasteiger partial charge is 0.230 e. The topological polar surface area (TPSA) is 80.0 Å². The van der Waals surface area contributed by atoms with Crippen molar-refractivity contribution in [3.05, 3.63) is 0 Å². The first-order valence-electron chi connectivity index (χ1n) is 7.18. The number of amides is 1. The van der Waals surface area contributed by atoms with Crippen molar-refractivity contribution in [2.24, 2.45) is 16.1 Å². The first kappa shape index (κ1) is 20.4. The number of methoxy groups -OCH3 is 1. The van der Waals surface area contributed by atoms with Crippen LogP contribution in [-0.4, -0.2) is 57.2 Å². The number of hydrogen-bond acceptors (Lipinski definition) is 3. The number of hydrogen-bond donors (Lipinski definition) is 2. The van der Waals surface area contributed by atoms with Gasteiger partial charge in [-0.2, -0.15) is 0 Å². The Morgan fingerprint density at radius 1 is 1.43 bits per heavy atom. The number of aliphatic imine (C=N–C) groups is 1. The van der Waals surface area contributed by atoms with Gasteiger partial charge < -0.3 is 20.7 Å². The minimum absolute atomic E-state index is 0. The Hall–Kier alpha value is -0.570. The summed E-state index contributed by atoms with van der Waals surface area (Å²) >= 11 is 0. The first-order chi connectivity index (χ1) is 9.41. The average Bonchev–Trinajstić information content (AvgIpc) is 2.85. The van der Waals surface area contributed by atoms with Crippen molar-refractivity contribution in [2.75, 3.05) is 34.4 Å². The van der Waals surface area contributed by atoms with Gasteiger partial charge >= 0.3 is 0 Å². The number of nitrogens with two attached hydrogens (primary N) is 1. The average molecular weight is 412 g/mol. The molecule has 1 aliphatic carbocycles. The van der Waals surface area contributed by atoms with E-state index in [0.29, 0.717) is 19.1 Å². The maximum Gasteiger partial charge on any atom is 0.230 e. The quantitative estimate of drug-likeness (QED) is 0.390. The van der Waals surface area contributed by atoms with Crippen LogP contribution < -0.4 is 11.1 Å². The molecule has 0 bridgehead atoms. The summed E-state index contributed by atoms with van der Waals surface area (Å²) in [5.74, 6) is 0.545. The summed E-state index contributed by atoms with van der Waals surface area (Å²) in [5.41, 5.74) is 5.52. The number of carbonyl (C=O) groups is 1. The second-order valence-electron chi connectivity index (χ2n) is 5.89. The molecule has 7 heteroatoms. The number of nitrogens with zero attached hydrogens (tertiary/aromatic N) is 2. The Bertz CT molecular complexity index is 355. The lowest BCUT2D eigenvalue weighted by Gasteiger charge is -2.29. The monoisotopic (exact) mass is 412 g/mol. The van der Waals surface area contributed by atoms with Crippen LogP contribution in [0.15, 0.2) is 4.99 Å². The maximum atomic E-state index is 12.4. The van der Waals surface area contributed by atoms with Crippen LogP contribution in [0.4, 0.5) is 0 Å². The van der Waals surface area contributed by atoms with E-state index in [4.69, 9.17) is 10.5 Å². The summed E-state index contributed by atoms with van der Waals surface area (Å²) in [4.78, 5) is 18.4. The zero-order valence-corrected chi connectivity index (χ0v) is 15.8. The molecular weight excluding hydrogens is 383 g/mol. The molecule has 6 nitrogen and oxygen atoms in total. The van der Waals surface area contributed by atoms with Gasteiger partial charge in [0.2, 0.25) is 5.91 Å². The van der Waals surface area contributed by atoms with Crippen molar-refractivity contribution in [3.63, 3.8) is 0 Å². The van der Waals surface area contributed by atoms with Crippen LogP contribution in [0.1, 0.15) is 32.6 Å². The van der Waals surface area contributed by atoms with Crippen molar-refractivity contribution in [1.29, 1.82) is 0 Å². The fourth-order valence-electron chi connectivity index (χ4n) is 2.79. The Morgan fingerprint density at radius 3 is 2.48 bits per heavy atom. The van der Waals surface area contributed by atoms with Crippen LogP contribution in [0.25, 0.3) is 0 Å². The van der Waals surface area contributed by atoms with E-state index in [1.54, 1.807) is 26.1 Å². The summed E-state index contributed by atoms with van der Waals surface area (Å²) < 4.78 is 5.04. The van der Waals surface area contributed by atoms with E-state index in [0.717, 1.165) is 25.7 Å². The van der Waals surface area contributed by atoms with Gasteiger partial charge in [0.15, 0.2) is 5.96 Å². The minimum Gasteiger partial charge on any atom is -0.383 e. The van der Waals surface area contributed by atoms with Crippen LogP contribution in [0.2, 0.25) is 0 Å². The number of halogens is 1. The first-order valence-corrected chi connectivity index (χ1v) is 7.18. The largest absolute Gasteiger partial charge is 0.383 e. The molecular formula is C14H29IN4O2. The molecule has 0 aromatic carbocycles. The number of guanidine groups is 1. The summed E-state index contributed by atoms with van der Waals surface area (Å²) in [6.07, 6.45) is 3.97. The van der Waals surface area contributed by atoms with E-state index >= 15 is 0 Å². The van der Waals surface area contributed by atoms with Crippen molar-refractivity contribution < 1.29 is 9.53 Å². The lowest BCUT2D eigenvalue weighted by Crippen LogP contribution is -2.44. The highest BCUT2D eigenvalue weighted by Gasteiger charge is 2.41. The Labute approximate surface area is 144 Å². The van der Waals surface area contributed by atoms with Gasteiger partial charge in [-0.15, -0.1) is 24.0 Å². The summed E-state index contributed by atoms with van der Waals surface area (Å²) in [7, 11) is 5.25. The molecule has 0 aromatic heterocycles. The van der Waals surface area contributed by atoms with Gasteiger partial charge in [-0.3, -0.25) is 9.79 Å². The van der Waals surface area contributed by atoms with Gasteiger partial charge in [-0.1, -0.05) is 12.8 Å². The molecule has 1 rings (SSSR count). The molecule has 0 spiro atoms. The molecule has 1 fully saturated rings. The highest BCUT2D eigenvalue weighted by atomic mass is 127. The molecule has 0 aromatic rings. The number of rotatable bonds is 6. The molecule has 3 N–H and O–H groups in total. The Kier molecular flexibility index (Phi) is 9.19. The second kappa shape index (κ2) is 9.45. The van der Waals surface area contributed by atoms with E-state index in [9.17, 15) is 4.79 Å². The predicted octanol–water partition coefficient (Wildman–Crippen LogP) is 1.19. The highest BCUT2D eigenvalue weighted by Crippen LogP contribution is 2.39. The van der Waals surface area contributed by atoms with Crippen LogP contribution in [0, 0.1) is 5.41 Å². The zero-order valence-electron chi connectivity index (χ0n) is 13.5. The molecule has 1 aliphatic rings. The third-order valence-corrected chi connectivity index (χ3v) is 3.78. The SMILES string of the molecule is COCC(C)NC(N)=NCC1(C(=O)N(C)C)CCCC1.I. The van der Waals surface area contributed by atoms with Crippen LogP contribution in [0.5, 0.6) is 0 Å². The molecule has 1 saturated carbocycles. The number of ether oxygens (including phenoxy) is 1. The molecule has 1 amide bonds. The van der Waals surface area contributed by atoms with E-state index in [1.165, 1.54) is 0 Å². The molecule has 1 atom stereocenters. The molecule has 124 valence electrons. The van der Waals surface area contributed by atoms with Gasteiger partial charge in [-0.05, 0) is 19.8 Å². The number of nitrogens with one attached hydrogen (secondary N) is 1. The molecule has 0 saturated heterocycles. The molecule has 21 heavy (non-hydrogen) atoms. The maximum absolute atomic E-state index is 12.4. The van der Waals surface area contributed by atoms with Gasteiger partial charge in [0.25, 0.3) is 0 Å². The van der Waals surface area contributed by atoms with E-state index in [1.807, 2.05) is 6.92 Å².